The van der Waals surface area contributed by atoms with E-state index in [4.69, 9.17) is 0 Å². The Bertz CT molecular complexity index is 358. The third kappa shape index (κ3) is 3.17. The number of rotatable bonds is 4. The lowest BCUT2D eigenvalue weighted by atomic mass is 9.94. The lowest BCUT2D eigenvalue weighted by Gasteiger charge is -2.18. The Kier molecular flexibility index (Phi) is 4.11. The molecule has 0 aromatic carbocycles. The van der Waals surface area contributed by atoms with Gasteiger partial charge in [0.05, 0.1) is 0 Å². The summed E-state index contributed by atoms with van der Waals surface area (Å²) >= 11 is 0. The highest BCUT2D eigenvalue weighted by molar-refractivity contribution is 5.21. The van der Waals surface area contributed by atoms with Crippen molar-refractivity contribution in [2.45, 2.75) is 32.7 Å². The molecule has 1 aliphatic rings. The van der Waals surface area contributed by atoms with Gasteiger partial charge in [-0.25, -0.2) is 0 Å². The van der Waals surface area contributed by atoms with E-state index in [-0.39, 0.29) is 0 Å². The van der Waals surface area contributed by atoms with Crippen LogP contribution in [0.5, 0.6) is 0 Å². The molecule has 0 fully saturated rings. The van der Waals surface area contributed by atoms with Crippen molar-refractivity contribution in [3.05, 3.63) is 41.7 Å². The van der Waals surface area contributed by atoms with Crippen molar-refractivity contribution in [1.29, 1.82) is 0 Å². The van der Waals surface area contributed by atoms with Crippen LogP contribution in [0.1, 0.15) is 30.4 Å². The third-order valence-corrected chi connectivity index (χ3v) is 3.26. The first kappa shape index (κ1) is 11.3. The minimum absolute atomic E-state index is 0.826. The van der Waals surface area contributed by atoms with Crippen LogP contribution >= 0.6 is 0 Å². The number of nitrogens with one attached hydrogen (secondary N) is 1. The number of aryl methyl sites for hydroxylation is 1. The lowest BCUT2D eigenvalue weighted by Crippen LogP contribution is -2.23. The summed E-state index contributed by atoms with van der Waals surface area (Å²) in [6, 6.07) is 2.10. The van der Waals surface area contributed by atoms with E-state index in [1.807, 2.05) is 12.4 Å². The molecule has 0 aliphatic heterocycles. The zero-order chi connectivity index (χ0) is 11.2. The lowest BCUT2D eigenvalue weighted by molar-refractivity contribution is 0.440. The van der Waals surface area contributed by atoms with Gasteiger partial charge < -0.3 is 5.32 Å². The minimum atomic E-state index is 0.826. The first-order chi connectivity index (χ1) is 7.86. The average molecular weight is 216 g/mol. The zero-order valence-electron chi connectivity index (χ0n) is 9.95. The summed E-state index contributed by atoms with van der Waals surface area (Å²) in [6.07, 6.45) is 12.2. The topological polar surface area (TPSA) is 24.9 Å². The standard InChI is InChI=1S/C14H20N2/c1-12-9-15-8-7-14(12)11-16-10-13-5-3-2-4-6-13/h2-3,7-9,13,16H,4-6,10-11H2,1H3. The van der Waals surface area contributed by atoms with E-state index >= 15 is 0 Å². The van der Waals surface area contributed by atoms with Crippen LogP contribution in [0, 0.1) is 12.8 Å². The summed E-state index contributed by atoms with van der Waals surface area (Å²) in [5.41, 5.74) is 2.64. The van der Waals surface area contributed by atoms with Crippen LogP contribution < -0.4 is 5.32 Å². The molecular formula is C14H20N2. The first-order valence-electron chi connectivity index (χ1n) is 6.11. The highest BCUT2D eigenvalue weighted by atomic mass is 14.9. The summed E-state index contributed by atoms with van der Waals surface area (Å²) < 4.78 is 0. The Morgan fingerprint density at radius 3 is 3.12 bits per heavy atom. The molecule has 1 aliphatic carbocycles. The van der Waals surface area contributed by atoms with Crippen molar-refractivity contribution < 1.29 is 0 Å². The summed E-state index contributed by atoms with van der Waals surface area (Å²) in [7, 11) is 0. The quantitative estimate of drug-likeness (QED) is 0.783. The maximum absolute atomic E-state index is 4.11. The molecule has 2 nitrogen and oxygen atoms in total. The molecule has 2 rings (SSSR count). The largest absolute Gasteiger partial charge is 0.312 e. The molecule has 1 aromatic heterocycles. The molecule has 16 heavy (non-hydrogen) atoms. The van der Waals surface area contributed by atoms with Gasteiger partial charge in [0.1, 0.15) is 0 Å². The molecule has 2 heteroatoms. The fourth-order valence-electron chi connectivity index (χ4n) is 2.15. The average Bonchev–Trinajstić information content (AvgIpc) is 2.33. The molecule has 1 heterocycles. The summed E-state index contributed by atoms with van der Waals surface area (Å²) in [5, 5.41) is 3.55. The summed E-state index contributed by atoms with van der Waals surface area (Å²) in [6.45, 7) is 4.22. The normalized spacial score (nSPS) is 19.9. The van der Waals surface area contributed by atoms with Gasteiger partial charge >= 0.3 is 0 Å². The van der Waals surface area contributed by atoms with Gasteiger partial charge in [0.2, 0.25) is 0 Å². The van der Waals surface area contributed by atoms with Crippen LogP contribution in [-0.2, 0) is 6.54 Å². The Morgan fingerprint density at radius 2 is 2.38 bits per heavy atom. The first-order valence-corrected chi connectivity index (χ1v) is 6.11. The molecule has 1 unspecified atom stereocenters. The van der Waals surface area contributed by atoms with Gasteiger partial charge in [-0.05, 0) is 55.8 Å². The van der Waals surface area contributed by atoms with Crippen LogP contribution in [0.2, 0.25) is 0 Å². The van der Waals surface area contributed by atoms with E-state index in [1.54, 1.807) is 0 Å². The van der Waals surface area contributed by atoms with Crippen LogP contribution in [0.25, 0.3) is 0 Å². The predicted octanol–water partition coefficient (Wildman–Crippen LogP) is 2.84. The predicted molar refractivity (Wildman–Crippen MR) is 67.2 cm³/mol. The number of allylic oxidation sites excluding steroid dienone is 2. The van der Waals surface area contributed by atoms with Crippen LogP contribution in [-0.4, -0.2) is 11.5 Å². The molecule has 86 valence electrons. The van der Waals surface area contributed by atoms with Gasteiger partial charge in [0, 0.05) is 18.9 Å². The van der Waals surface area contributed by atoms with Crippen molar-refractivity contribution in [3.63, 3.8) is 0 Å². The number of pyridine rings is 1. The van der Waals surface area contributed by atoms with Crippen LogP contribution in [0.15, 0.2) is 30.6 Å². The Labute approximate surface area is 97.8 Å². The fraction of sp³-hybridized carbons (Fsp3) is 0.500. The molecule has 0 saturated heterocycles. The molecular weight excluding hydrogens is 196 g/mol. The minimum Gasteiger partial charge on any atom is -0.312 e. The second-order valence-corrected chi connectivity index (χ2v) is 4.58. The van der Waals surface area contributed by atoms with Gasteiger partial charge in [-0.1, -0.05) is 12.2 Å². The second-order valence-electron chi connectivity index (χ2n) is 4.58. The van der Waals surface area contributed by atoms with Crippen molar-refractivity contribution in [2.75, 3.05) is 6.54 Å². The van der Waals surface area contributed by atoms with Crippen molar-refractivity contribution >= 4 is 0 Å². The summed E-state index contributed by atoms with van der Waals surface area (Å²) in [5.74, 6) is 0.826. The van der Waals surface area contributed by atoms with Crippen LogP contribution in [0.4, 0.5) is 0 Å². The SMILES string of the molecule is Cc1cnccc1CNCC1CC=CCC1. The van der Waals surface area contributed by atoms with Crippen molar-refractivity contribution in [2.24, 2.45) is 5.92 Å². The van der Waals surface area contributed by atoms with Crippen molar-refractivity contribution in [3.8, 4) is 0 Å². The molecule has 1 aromatic rings. The monoisotopic (exact) mass is 216 g/mol. The zero-order valence-corrected chi connectivity index (χ0v) is 9.95. The van der Waals surface area contributed by atoms with E-state index < -0.39 is 0 Å². The molecule has 0 bridgehead atoms. The molecule has 0 spiro atoms. The van der Waals surface area contributed by atoms with Gasteiger partial charge in [0.15, 0.2) is 0 Å². The highest BCUT2D eigenvalue weighted by Gasteiger charge is 2.08. The molecule has 0 radical (unpaired) electrons. The number of aromatic nitrogens is 1. The van der Waals surface area contributed by atoms with E-state index in [0.29, 0.717) is 0 Å². The summed E-state index contributed by atoms with van der Waals surface area (Å²) in [4.78, 5) is 4.11. The maximum atomic E-state index is 4.11. The molecule has 0 saturated carbocycles. The van der Waals surface area contributed by atoms with E-state index in [9.17, 15) is 0 Å². The Morgan fingerprint density at radius 1 is 1.44 bits per heavy atom. The van der Waals surface area contributed by atoms with Gasteiger partial charge in [0.25, 0.3) is 0 Å². The van der Waals surface area contributed by atoms with E-state index in [2.05, 4.69) is 35.4 Å². The highest BCUT2D eigenvalue weighted by Crippen LogP contribution is 2.17. The second kappa shape index (κ2) is 5.80. The molecule has 1 atom stereocenters. The van der Waals surface area contributed by atoms with Crippen molar-refractivity contribution in [1.82, 2.24) is 10.3 Å². The number of hydrogen-bond donors (Lipinski definition) is 1. The number of hydrogen-bond acceptors (Lipinski definition) is 2. The number of nitrogens with zero attached hydrogens (tertiary/aromatic N) is 1. The third-order valence-electron chi connectivity index (χ3n) is 3.26. The van der Waals surface area contributed by atoms with E-state index in [1.165, 1.54) is 30.4 Å². The Hall–Kier alpha value is -1.15. The molecule has 1 N–H and O–H groups in total. The fourth-order valence-corrected chi connectivity index (χ4v) is 2.15. The smallest absolute Gasteiger partial charge is 0.0300 e. The van der Waals surface area contributed by atoms with Gasteiger partial charge in [-0.2, -0.15) is 0 Å². The Balaban J connectivity index is 1.75. The van der Waals surface area contributed by atoms with Crippen LogP contribution in [0.3, 0.4) is 0 Å². The van der Waals surface area contributed by atoms with Gasteiger partial charge in [-0.3, -0.25) is 4.98 Å². The van der Waals surface area contributed by atoms with Gasteiger partial charge in [-0.15, -0.1) is 0 Å². The molecule has 0 amide bonds. The maximum Gasteiger partial charge on any atom is 0.0300 e. The van der Waals surface area contributed by atoms with E-state index in [0.717, 1.165) is 19.0 Å².